The molecule has 0 aliphatic carbocycles. The molecule has 1 amide bonds. The van der Waals surface area contributed by atoms with Crippen LogP contribution in [0.2, 0.25) is 0 Å². The second kappa shape index (κ2) is 6.31. The van der Waals surface area contributed by atoms with Crippen molar-refractivity contribution < 1.29 is 4.79 Å². The van der Waals surface area contributed by atoms with Crippen molar-refractivity contribution in [2.45, 2.75) is 27.4 Å². The van der Waals surface area contributed by atoms with Crippen LogP contribution in [0.25, 0.3) is 0 Å². The summed E-state index contributed by atoms with van der Waals surface area (Å²) < 4.78 is 2.14. The minimum Gasteiger partial charge on any atom is -0.347 e. The van der Waals surface area contributed by atoms with Gasteiger partial charge in [-0.25, -0.2) is 4.98 Å². The Morgan fingerprint density at radius 3 is 2.91 bits per heavy atom. The van der Waals surface area contributed by atoms with Crippen molar-refractivity contribution in [3.05, 3.63) is 28.6 Å². The van der Waals surface area contributed by atoms with E-state index in [1.165, 1.54) is 25.9 Å². The number of thiophene rings is 1. The Bertz CT molecular complexity index is 647. The Morgan fingerprint density at radius 1 is 1.36 bits per heavy atom. The lowest BCUT2D eigenvalue weighted by atomic mass is 9.84. The lowest BCUT2D eigenvalue weighted by Gasteiger charge is -2.44. The average Bonchev–Trinajstić information content (AvgIpc) is 3.21. The molecule has 4 nitrogen and oxygen atoms in total. The molecule has 1 atom stereocenters. The number of aromatic nitrogens is 1. The van der Waals surface area contributed by atoms with E-state index in [1.54, 1.807) is 34.4 Å². The summed E-state index contributed by atoms with van der Waals surface area (Å²) in [5, 5.41) is 5.22. The second-order valence-electron chi connectivity index (χ2n) is 5.74. The molecule has 5 heterocycles. The molecule has 22 heavy (non-hydrogen) atoms. The highest BCUT2D eigenvalue weighted by Gasteiger charge is 2.35. The predicted octanol–water partition coefficient (Wildman–Crippen LogP) is 3.18. The van der Waals surface area contributed by atoms with Crippen LogP contribution < -0.4 is 5.32 Å². The average molecular weight is 352 g/mol. The molecular weight excluding hydrogens is 334 g/mol. The van der Waals surface area contributed by atoms with E-state index in [-0.39, 0.29) is 5.91 Å². The summed E-state index contributed by atoms with van der Waals surface area (Å²) in [7, 11) is 0. The smallest absolute Gasteiger partial charge is 0.261 e. The van der Waals surface area contributed by atoms with Crippen molar-refractivity contribution in [2.75, 3.05) is 19.6 Å². The zero-order valence-electron chi connectivity index (χ0n) is 12.0. The first-order valence-electron chi connectivity index (χ1n) is 7.48. The topological polar surface area (TPSA) is 45.2 Å². The minimum atomic E-state index is 0.0785. The van der Waals surface area contributed by atoms with Gasteiger partial charge in [0.15, 0.2) is 4.34 Å². The van der Waals surface area contributed by atoms with Gasteiger partial charge >= 0.3 is 0 Å². The van der Waals surface area contributed by atoms with Gasteiger partial charge in [0.05, 0.1) is 9.09 Å². The molecule has 3 fully saturated rings. The number of nitrogens with one attached hydrogen (secondary N) is 1. The maximum absolute atomic E-state index is 12.5. The summed E-state index contributed by atoms with van der Waals surface area (Å²) in [6.07, 6.45) is 4.25. The lowest BCUT2D eigenvalue weighted by molar-refractivity contribution is 0.0622. The number of thiazole rings is 1. The zero-order valence-corrected chi connectivity index (χ0v) is 14.5. The Morgan fingerprint density at radius 2 is 2.23 bits per heavy atom. The fourth-order valence-electron chi connectivity index (χ4n) is 3.21. The maximum atomic E-state index is 12.5. The van der Waals surface area contributed by atoms with Crippen molar-refractivity contribution in [2.24, 2.45) is 5.92 Å². The first-order chi connectivity index (χ1) is 10.8. The summed E-state index contributed by atoms with van der Waals surface area (Å²) >= 11 is 4.80. The number of carbonyl (C=O) groups excluding carboxylic acids is 1. The number of hydrogen-bond acceptors (Lipinski definition) is 6. The lowest BCUT2D eigenvalue weighted by Crippen LogP contribution is -2.57. The molecule has 116 valence electrons. The van der Waals surface area contributed by atoms with Crippen LogP contribution in [0.1, 0.15) is 22.5 Å². The molecule has 1 N–H and O–H groups in total. The first-order valence-corrected chi connectivity index (χ1v) is 9.99. The van der Waals surface area contributed by atoms with Crippen molar-refractivity contribution in [3.8, 4) is 0 Å². The quantitative estimate of drug-likeness (QED) is 0.919. The highest BCUT2D eigenvalue weighted by molar-refractivity contribution is 8.02. The molecule has 5 rings (SSSR count). The van der Waals surface area contributed by atoms with Crippen LogP contribution in [0.15, 0.2) is 32.3 Å². The Kier molecular flexibility index (Phi) is 4.21. The summed E-state index contributed by atoms with van der Waals surface area (Å²) in [4.78, 5) is 20.0. The van der Waals surface area contributed by atoms with Crippen LogP contribution >= 0.6 is 34.4 Å². The van der Waals surface area contributed by atoms with Gasteiger partial charge in [-0.2, -0.15) is 0 Å². The normalized spacial score (nSPS) is 27.0. The Hall–Kier alpha value is -0.890. The maximum Gasteiger partial charge on any atom is 0.261 e. The number of carbonyl (C=O) groups is 1. The molecule has 7 heteroatoms. The molecule has 3 aliphatic rings. The summed E-state index contributed by atoms with van der Waals surface area (Å²) in [5.74, 6) is 0.743. The van der Waals surface area contributed by atoms with Crippen LogP contribution in [-0.2, 0) is 0 Å². The van der Waals surface area contributed by atoms with Gasteiger partial charge in [0.2, 0.25) is 0 Å². The highest BCUT2D eigenvalue weighted by Crippen LogP contribution is 2.34. The van der Waals surface area contributed by atoms with Crippen molar-refractivity contribution in [3.63, 3.8) is 0 Å². The summed E-state index contributed by atoms with van der Waals surface area (Å²) in [6.45, 7) is 3.41. The number of rotatable bonds is 4. The molecular formula is C15H17N3OS3. The number of amides is 1. The van der Waals surface area contributed by atoms with Gasteiger partial charge in [0, 0.05) is 24.2 Å². The standard InChI is InChI=1S/C15H17N3OS3/c19-14(17-11-9-18-6-3-10(11)4-7-18)12-1-2-13(21-12)22-15-16-5-8-20-15/h1-2,5,8,10-11H,3-4,6-7,9H2,(H,17,19)/t11-/m0/s1. The van der Waals surface area contributed by atoms with E-state index in [4.69, 9.17) is 0 Å². The number of nitrogens with zero attached hydrogens (tertiary/aromatic N) is 2. The third-order valence-corrected chi connectivity index (χ3v) is 7.47. The van der Waals surface area contributed by atoms with Crippen LogP contribution in [0.4, 0.5) is 0 Å². The molecule has 0 aromatic carbocycles. The monoisotopic (exact) mass is 351 g/mol. The zero-order chi connectivity index (χ0) is 14.9. The van der Waals surface area contributed by atoms with Gasteiger partial charge < -0.3 is 10.2 Å². The highest BCUT2D eigenvalue weighted by atomic mass is 32.2. The van der Waals surface area contributed by atoms with Gasteiger partial charge in [0.25, 0.3) is 5.91 Å². The molecule has 2 bridgehead atoms. The van der Waals surface area contributed by atoms with Crippen LogP contribution in [0.5, 0.6) is 0 Å². The third kappa shape index (κ3) is 3.08. The van der Waals surface area contributed by atoms with Gasteiger partial charge in [-0.05, 0) is 55.7 Å². The van der Waals surface area contributed by atoms with Crippen LogP contribution in [0.3, 0.4) is 0 Å². The van der Waals surface area contributed by atoms with E-state index in [0.717, 1.165) is 20.0 Å². The fraction of sp³-hybridized carbons (Fsp3) is 0.467. The Labute approximate surface area is 141 Å². The fourth-order valence-corrected chi connectivity index (χ4v) is 6.09. The van der Waals surface area contributed by atoms with Gasteiger partial charge in [0.1, 0.15) is 0 Å². The number of fused-ring (bicyclic) bond motifs is 3. The van der Waals surface area contributed by atoms with Gasteiger partial charge in [-0.15, -0.1) is 22.7 Å². The van der Waals surface area contributed by atoms with Gasteiger partial charge in [-0.1, -0.05) is 0 Å². The van der Waals surface area contributed by atoms with E-state index in [1.807, 2.05) is 23.7 Å². The minimum absolute atomic E-state index is 0.0785. The Balaban J connectivity index is 1.39. The van der Waals surface area contributed by atoms with Crippen molar-refractivity contribution in [1.82, 2.24) is 15.2 Å². The molecule has 2 aromatic rings. The summed E-state index contributed by atoms with van der Waals surface area (Å²) in [6, 6.07) is 4.27. The van der Waals surface area contributed by atoms with Gasteiger partial charge in [-0.3, -0.25) is 4.79 Å². The van der Waals surface area contributed by atoms with Crippen LogP contribution in [0, 0.1) is 5.92 Å². The molecule has 0 spiro atoms. The van der Waals surface area contributed by atoms with Crippen LogP contribution in [-0.4, -0.2) is 41.5 Å². The SMILES string of the molecule is O=C(N[C@H]1CN2CCC1CC2)c1ccc(Sc2nccs2)s1. The molecule has 3 saturated heterocycles. The van der Waals surface area contributed by atoms with E-state index >= 15 is 0 Å². The number of hydrogen-bond donors (Lipinski definition) is 1. The molecule has 0 radical (unpaired) electrons. The predicted molar refractivity (Wildman–Crippen MR) is 91.0 cm³/mol. The van der Waals surface area contributed by atoms with Crippen molar-refractivity contribution >= 4 is 40.3 Å². The second-order valence-corrected chi connectivity index (χ2v) is 9.26. The molecule has 3 aliphatic heterocycles. The first kappa shape index (κ1) is 14.7. The third-order valence-electron chi connectivity index (χ3n) is 4.38. The van der Waals surface area contributed by atoms with E-state index < -0.39 is 0 Å². The summed E-state index contributed by atoms with van der Waals surface area (Å²) in [5.41, 5.74) is 0. The van der Waals surface area contributed by atoms with Crippen molar-refractivity contribution in [1.29, 1.82) is 0 Å². The molecule has 2 aromatic heterocycles. The van der Waals surface area contributed by atoms with E-state index in [0.29, 0.717) is 12.0 Å². The molecule has 0 unspecified atom stereocenters. The van der Waals surface area contributed by atoms with E-state index in [2.05, 4.69) is 15.2 Å². The molecule has 0 saturated carbocycles. The number of piperidine rings is 3. The van der Waals surface area contributed by atoms with E-state index in [9.17, 15) is 4.79 Å². The largest absolute Gasteiger partial charge is 0.347 e.